The molecule has 2 rings (SSSR count). The lowest BCUT2D eigenvalue weighted by molar-refractivity contribution is -0.137. The highest BCUT2D eigenvalue weighted by atomic mass is 16.4. The molecule has 1 atom stereocenters. The summed E-state index contributed by atoms with van der Waals surface area (Å²) in [7, 11) is 0. The lowest BCUT2D eigenvalue weighted by atomic mass is 9.78. The van der Waals surface area contributed by atoms with Gasteiger partial charge in [0.1, 0.15) is 0 Å². The van der Waals surface area contributed by atoms with Gasteiger partial charge < -0.3 is 10.0 Å². The number of para-hydroxylation sites is 1. The van der Waals surface area contributed by atoms with E-state index >= 15 is 0 Å². The molecule has 1 amide bonds. The molecule has 0 spiro atoms. The molecule has 1 N–H and O–H groups in total. The molecule has 0 bridgehead atoms. The number of fused-ring (bicyclic) bond motifs is 1. The number of benzene rings is 1. The Hall–Kier alpha value is -1.84. The summed E-state index contributed by atoms with van der Waals surface area (Å²) >= 11 is 0. The van der Waals surface area contributed by atoms with Gasteiger partial charge in [-0.2, -0.15) is 0 Å². The third-order valence-electron chi connectivity index (χ3n) is 4.35. The molecule has 0 radical (unpaired) electrons. The first-order valence-electron chi connectivity index (χ1n) is 7.92. The second kappa shape index (κ2) is 6.51. The number of unbranched alkanes of at least 4 members (excludes halogenated alkanes) is 1. The SMILES string of the molecule is CC(C)(C)C1CN(C(=O)CCCCC(=O)O)c2ccccc21. The molecule has 1 aliphatic rings. The van der Waals surface area contributed by atoms with Crippen LogP contribution >= 0.6 is 0 Å². The van der Waals surface area contributed by atoms with Gasteiger partial charge in [-0.25, -0.2) is 0 Å². The fourth-order valence-electron chi connectivity index (χ4n) is 3.07. The standard InChI is InChI=1S/C18H25NO3/c1-18(2,3)14-12-19(15-9-5-4-8-13(14)15)16(20)10-6-7-11-17(21)22/h4-5,8-9,14H,6-7,10-12H2,1-3H3,(H,21,22). The summed E-state index contributed by atoms with van der Waals surface area (Å²) in [4.78, 5) is 24.9. The average molecular weight is 303 g/mol. The highest BCUT2D eigenvalue weighted by molar-refractivity contribution is 5.96. The van der Waals surface area contributed by atoms with E-state index in [1.54, 1.807) is 0 Å². The molecule has 22 heavy (non-hydrogen) atoms. The van der Waals surface area contributed by atoms with Gasteiger partial charge in [-0.05, 0) is 29.9 Å². The summed E-state index contributed by atoms with van der Waals surface area (Å²) < 4.78 is 0. The van der Waals surface area contributed by atoms with Crippen LogP contribution in [0.4, 0.5) is 5.69 Å². The van der Waals surface area contributed by atoms with Crippen molar-refractivity contribution in [1.82, 2.24) is 0 Å². The van der Waals surface area contributed by atoms with Crippen LogP contribution in [-0.2, 0) is 9.59 Å². The summed E-state index contributed by atoms with van der Waals surface area (Å²) in [5.74, 6) is -0.358. The normalized spacial score (nSPS) is 17.4. The Morgan fingerprint density at radius 2 is 1.82 bits per heavy atom. The summed E-state index contributed by atoms with van der Waals surface area (Å²) in [6, 6.07) is 8.12. The molecule has 0 aliphatic carbocycles. The van der Waals surface area contributed by atoms with E-state index in [1.165, 1.54) is 5.56 Å². The molecule has 0 aromatic heterocycles. The van der Waals surface area contributed by atoms with Crippen LogP contribution in [0.1, 0.15) is 57.9 Å². The fourth-order valence-corrected chi connectivity index (χ4v) is 3.07. The van der Waals surface area contributed by atoms with Crippen molar-refractivity contribution in [3.8, 4) is 0 Å². The maximum atomic E-state index is 12.5. The average Bonchev–Trinajstić information content (AvgIpc) is 2.83. The summed E-state index contributed by atoms with van der Waals surface area (Å²) in [5.41, 5.74) is 2.37. The third-order valence-corrected chi connectivity index (χ3v) is 4.35. The predicted octanol–water partition coefficient (Wildman–Crippen LogP) is 3.81. The van der Waals surface area contributed by atoms with Crippen molar-refractivity contribution >= 4 is 17.6 Å². The van der Waals surface area contributed by atoms with Crippen LogP contribution in [0.15, 0.2) is 24.3 Å². The van der Waals surface area contributed by atoms with Crippen LogP contribution in [-0.4, -0.2) is 23.5 Å². The van der Waals surface area contributed by atoms with Crippen molar-refractivity contribution < 1.29 is 14.7 Å². The number of carbonyl (C=O) groups is 2. The quantitative estimate of drug-likeness (QED) is 0.842. The molecule has 4 heteroatoms. The van der Waals surface area contributed by atoms with Crippen LogP contribution in [0, 0.1) is 5.41 Å². The molecule has 1 aromatic rings. The maximum absolute atomic E-state index is 12.5. The van der Waals surface area contributed by atoms with E-state index in [2.05, 4.69) is 26.8 Å². The molecule has 0 saturated heterocycles. The van der Waals surface area contributed by atoms with Crippen molar-refractivity contribution in [3.05, 3.63) is 29.8 Å². The first-order valence-corrected chi connectivity index (χ1v) is 7.92. The van der Waals surface area contributed by atoms with Gasteiger partial charge in [-0.3, -0.25) is 9.59 Å². The second-order valence-electron chi connectivity index (χ2n) is 7.08. The maximum Gasteiger partial charge on any atom is 0.303 e. The minimum Gasteiger partial charge on any atom is -0.481 e. The number of anilines is 1. The van der Waals surface area contributed by atoms with Crippen LogP contribution < -0.4 is 4.90 Å². The van der Waals surface area contributed by atoms with Gasteiger partial charge in [-0.15, -0.1) is 0 Å². The number of carbonyl (C=O) groups excluding carboxylic acids is 1. The number of rotatable bonds is 5. The fraction of sp³-hybridized carbons (Fsp3) is 0.556. The van der Waals surface area contributed by atoms with Crippen molar-refractivity contribution in [3.63, 3.8) is 0 Å². The van der Waals surface area contributed by atoms with E-state index in [0.29, 0.717) is 25.2 Å². The molecule has 120 valence electrons. The van der Waals surface area contributed by atoms with Crippen molar-refractivity contribution in [2.75, 3.05) is 11.4 Å². The molecule has 1 aliphatic heterocycles. The second-order valence-corrected chi connectivity index (χ2v) is 7.08. The van der Waals surface area contributed by atoms with Gasteiger partial charge in [0.05, 0.1) is 0 Å². The summed E-state index contributed by atoms with van der Waals surface area (Å²) in [6.07, 6.45) is 1.73. The van der Waals surface area contributed by atoms with E-state index in [-0.39, 0.29) is 17.7 Å². The molecule has 0 saturated carbocycles. The zero-order chi connectivity index (χ0) is 16.3. The van der Waals surface area contributed by atoms with E-state index in [4.69, 9.17) is 5.11 Å². The summed E-state index contributed by atoms with van der Waals surface area (Å²) in [5, 5.41) is 8.65. The molecular weight excluding hydrogens is 278 g/mol. The van der Waals surface area contributed by atoms with Gasteiger partial charge in [0.15, 0.2) is 0 Å². The van der Waals surface area contributed by atoms with Crippen LogP contribution in [0.3, 0.4) is 0 Å². The first-order chi connectivity index (χ1) is 10.3. The largest absolute Gasteiger partial charge is 0.481 e. The zero-order valence-corrected chi connectivity index (χ0v) is 13.6. The summed E-state index contributed by atoms with van der Waals surface area (Å²) in [6.45, 7) is 7.33. The van der Waals surface area contributed by atoms with E-state index in [9.17, 15) is 9.59 Å². The van der Waals surface area contributed by atoms with Gasteiger partial charge in [0.2, 0.25) is 5.91 Å². The van der Waals surface area contributed by atoms with Crippen molar-refractivity contribution in [1.29, 1.82) is 0 Å². The Labute approximate surface area is 132 Å². The monoisotopic (exact) mass is 303 g/mol. The highest BCUT2D eigenvalue weighted by Crippen LogP contribution is 2.45. The number of carboxylic acids is 1. The van der Waals surface area contributed by atoms with E-state index < -0.39 is 5.97 Å². The highest BCUT2D eigenvalue weighted by Gasteiger charge is 2.38. The Morgan fingerprint density at radius 1 is 1.18 bits per heavy atom. The molecule has 1 heterocycles. The van der Waals surface area contributed by atoms with E-state index in [0.717, 1.165) is 12.2 Å². The van der Waals surface area contributed by atoms with Gasteiger partial charge >= 0.3 is 5.97 Å². The van der Waals surface area contributed by atoms with Crippen molar-refractivity contribution in [2.45, 2.75) is 52.4 Å². The van der Waals surface area contributed by atoms with Crippen LogP contribution in [0.5, 0.6) is 0 Å². The van der Waals surface area contributed by atoms with E-state index in [1.807, 2.05) is 23.1 Å². The van der Waals surface area contributed by atoms with Gasteiger partial charge in [0, 0.05) is 31.0 Å². The zero-order valence-electron chi connectivity index (χ0n) is 13.6. The number of carboxylic acid groups (broad SMARTS) is 1. The molecule has 0 fully saturated rings. The minimum atomic E-state index is -0.799. The smallest absolute Gasteiger partial charge is 0.303 e. The topological polar surface area (TPSA) is 57.6 Å². The lowest BCUT2D eigenvalue weighted by Crippen LogP contribution is -2.32. The van der Waals surface area contributed by atoms with Gasteiger partial charge in [0.25, 0.3) is 0 Å². The Bertz CT molecular complexity index is 560. The Balaban J connectivity index is 2.06. The minimum absolute atomic E-state index is 0.101. The predicted molar refractivity (Wildman–Crippen MR) is 87.1 cm³/mol. The first kappa shape index (κ1) is 16.5. The molecule has 1 aromatic carbocycles. The van der Waals surface area contributed by atoms with Crippen molar-refractivity contribution in [2.24, 2.45) is 5.41 Å². The number of hydrogen-bond donors (Lipinski definition) is 1. The number of hydrogen-bond acceptors (Lipinski definition) is 2. The van der Waals surface area contributed by atoms with Crippen LogP contribution in [0.2, 0.25) is 0 Å². The number of amides is 1. The Kier molecular flexibility index (Phi) is 4.89. The number of nitrogens with zero attached hydrogens (tertiary/aromatic N) is 1. The Morgan fingerprint density at radius 3 is 2.45 bits per heavy atom. The third kappa shape index (κ3) is 3.67. The molecule has 1 unspecified atom stereocenters. The van der Waals surface area contributed by atoms with Gasteiger partial charge in [-0.1, -0.05) is 39.0 Å². The van der Waals surface area contributed by atoms with Crippen LogP contribution in [0.25, 0.3) is 0 Å². The molecule has 4 nitrogen and oxygen atoms in total. The number of aliphatic carboxylic acids is 1. The molecular formula is C18H25NO3. The lowest BCUT2D eigenvalue weighted by Gasteiger charge is -2.27.